The number of rotatable bonds is 3. The molecule has 1 aliphatic heterocycles. The van der Waals surface area contributed by atoms with Crippen molar-refractivity contribution in [3.8, 4) is 0 Å². The standard InChI is InChI=1S/C10H15N3O3/c1-13-4-2-7(3-5-13)6-8-11-9(10(14)15)16-12-8/h7H,2-6H2,1H3,(H,14,15). The van der Waals surface area contributed by atoms with Crippen molar-refractivity contribution in [1.82, 2.24) is 15.0 Å². The Morgan fingerprint density at radius 1 is 1.56 bits per heavy atom. The SMILES string of the molecule is CN1CCC(Cc2noc(C(=O)O)n2)CC1. The molecule has 0 unspecified atom stereocenters. The van der Waals surface area contributed by atoms with Crippen LogP contribution in [0.2, 0.25) is 0 Å². The summed E-state index contributed by atoms with van der Waals surface area (Å²) in [6.45, 7) is 2.16. The van der Waals surface area contributed by atoms with Crippen molar-refractivity contribution in [1.29, 1.82) is 0 Å². The van der Waals surface area contributed by atoms with Crippen molar-refractivity contribution in [2.75, 3.05) is 20.1 Å². The van der Waals surface area contributed by atoms with Crippen LogP contribution < -0.4 is 0 Å². The van der Waals surface area contributed by atoms with Crippen molar-refractivity contribution in [3.63, 3.8) is 0 Å². The molecule has 0 bridgehead atoms. The third kappa shape index (κ3) is 2.57. The minimum absolute atomic E-state index is 0.317. The quantitative estimate of drug-likeness (QED) is 0.813. The molecule has 1 aromatic heterocycles. The Bertz CT molecular complexity index is 369. The molecule has 6 nitrogen and oxygen atoms in total. The average Bonchev–Trinajstić information content (AvgIpc) is 2.70. The van der Waals surface area contributed by atoms with E-state index in [2.05, 4.69) is 26.6 Å². The fourth-order valence-electron chi connectivity index (χ4n) is 1.95. The van der Waals surface area contributed by atoms with Crippen LogP contribution in [0.3, 0.4) is 0 Å². The Kier molecular flexibility index (Phi) is 3.19. The Balaban J connectivity index is 1.91. The number of aromatic carboxylic acids is 1. The maximum absolute atomic E-state index is 10.5. The van der Waals surface area contributed by atoms with Gasteiger partial charge in [-0.05, 0) is 38.9 Å². The van der Waals surface area contributed by atoms with Gasteiger partial charge in [-0.3, -0.25) is 0 Å². The molecule has 0 radical (unpaired) electrons. The first-order chi connectivity index (χ1) is 7.65. The zero-order valence-electron chi connectivity index (χ0n) is 9.22. The number of aromatic nitrogens is 2. The van der Waals surface area contributed by atoms with Gasteiger partial charge in [-0.15, -0.1) is 0 Å². The summed E-state index contributed by atoms with van der Waals surface area (Å²) in [7, 11) is 2.10. The Labute approximate surface area is 93.2 Å². The highest BCUT2D eigenvalue weighted by molar-refractivity contribution is 5.81. The van der Waals surface area contributed by atoms with E-state index in [-0.39, 0.29) is 5.89 Å². The molecule has 16 heavy (non-hydrogen) atoms. The predicted octanol–water partition coefficient (Wildman–Crippen LogP) is 0.652. The lowest BCUT2D eigenvalue weighted by Gasteiger charge is -2.27. The molecule has 0 saturated carbocycles. The fraction of sp³-hybridized carbons (Fsp3) is 0.700. The number of piperidine rings is 1. The third-order valence-corrected chi connectivity index (χ3v) is 2.96. The normalized spacial score (nSPS) is 18.8. The van der Waals surface area contributed by atoms with Gasteiger partial charge in [0.25, 0.3) is 0 Å². The number of carbonyl (C=O) groups is 1. The molecule has 2 rings (SSSR count). The van der Waals surface area contributed by atoms with E-state index in [1.807, 2.05) is 0 Å². The molecule has 1 aliphatic rings. The van der Waals surface area contributed by atoms with Crippen LogP contribution in [0.1, 0.15) is 29.4 Å². The van der Waals surface area contributed by atoms with Gasteiger partial charge in [0.1, 0.15) is 0 Å². The monoisotopic (exact) mass is 225 g/mol. The molecule has 1 saturated heterocycles. The van der Waals surface area contributed by atoms with Crippen LogP contribution in [0, 0.1) is 5.92 Å². The second-order valence-corrected chi connectivity index (χ2v) is 4.27. The summed E-state index contributed by atoms with van der Waals surface area (Å²) in [5.41, 5.74) is 0. The van der Waals surface area contributed by atoms with E-state index in [1.165, 1.54) is 0 Å². The Morgan fingerprint density at radius 2 is 2.25 bits per heavy atom. The molecule has 0 aromatic carbocycles. The van der Waals surface area contributed by atoms with Gasteiger partial charge in [0.05, 0.1) is 0 Å². The highest BCUT2D eigenvalue weighted by Gasteiger charge is 2.20. The van der Waals surface area contributed by atoms with Gasteiger partial charge in [-0.2, -0.15) is 4.98 Å². The molecule has 88 valence electrons. The van der Waals surface area contributed by atoms with Crippen LogP contribution in [-0.4, -0.2) is 46.3 Å². The molecular formula is C10H15N3O3. The predicted molar refractivity (Wildman–Crippen MR) is 55.2 cm³/mol. The van der Waals surface area contributed by atoms with Crippen molar-refractivity contribution < 1.29 is 14.4 Å². The number of hydrogen-bond donors (Lipinski definition) is 1. The average molecular weight is 225 g/mol. The van der Waals surface area contributed by atoms with Crippen LogP contribution in [0.5, 0.6) is 0 Å². The highest BCUT2D eigenvalue weighted by atomic mass is 16.5. The first kappa shape index (κ1) is 11.1. The maximum atomic E-state index is 10.5. The smallest absolute Gasteiger partial charge is 0.394 e. The molecule has 0 amide bonds. The Morgan fingerprint density at radius 3 is 2.81 bits per heavy atom. The van der Waals surface area contributed by atoms with Gasteiger partial charge in [0.15, 0.2) is 5.82 Å². The number of likely N-dealkylation sites (tertiary alicyclic amines) is 1. The summed E-state index contributed by atoms with van der Waals surface area (Å²) in [5.74, 6) is -0.438. The molecule has 6 heteroatoms. The second kappa shape index (κ2) is 4.61. The van der Waals surface area contributed by atoms with Gasteiger partial charge < -0.3 is 14.5 Å². The van der Waals surface area contributed by atoms with Crippen LogP contribution in [0.25, 0.3) is 0 Å². The van der Waals surface area contributed by atoms with E-state index < -0.39 is 5.97 Å². The molecule has 1 fully saturated rings. The number of carboxylic acids is 1. The van der Waals surface area contributed by atoms with Gasteiger partial charge in [0, 0.05) is 6.42 Å². The molecule has 0 aliphatic carbocycles. The van der Waals surface area contributed by atoms with E-state index in [4.69, 9.17) is 5.11 Å². The van der Waals surface area contributed by atoms with Crippen molar-refractivity contribution in [3.05, 3.63) is 11.7 Å². The third-order valence-electron chi connectivity index (χ3n) is 2.96. The Hall–Kier alpha value is -1.43. The lowest BCUT2D eigenvalue weighted by atomic mass is 9.94. The molecule has 0 atom stereocenters. The first-order valence-electron chi connectivity index (χ1n) is 5.39. The number of carboxylic acid groups (broad SMARTS) is 1. The van der Waals surface area contributed by atoms with E-state index in [9.17, 15) is 4.79 Å². The lowest BCUT2D eigenvalue weighted by Crippen LogP contribution is -2.31. The van der Waals surface area contributed by atoms with Crippen LogP contribution in [-0.2, 0) is 6.42 Å². The molecule has 0 spiro atoms. The molecular weight excluding hydrogens is 210 g/mol. The molecule has 2 heterocycles. The second-order valence-electron chi connectivity index (χ2n) is 4.27. The minimum atomic E-state index is -1.16. The van der Waals surface area contributed by atoms with Crippen molar-refractivity contribution in [2.24, 2.45) is 5.92 Å². The summed E-state index contributed by atoms with van der Waals surface area (Å²) >= 11 is 0. The highest BCUT2D eigenvalue weighted by Crippen LogP contribution is 2.19. The summed E-state index contributed by atoms with van der Waals surface area (Å²) < 4.78 is 4.62. The summed E-state index contributed by atoms with van der Waals surface area (Å²) in [4.78, 5) is 16.7. The van der Waals surface area contributed by atoms with E-state index in [0.29, 0.717) is 18.2 Å². The van der Waals surface area contributed by atoms with E-state index >= 15 is 0 Å². The van der Waals surface area contributed by atoms with Gasteiger partial charge in [-0.25, -0.2) is 4.79 Å². The van der Waals surface area contributed by atoms with Gasteiger partial charge in [0.2, 0.25) is 0 Å². The molecule has 1 aromatic rings. The van der Waals surface area contributed by atoms with Crippen molar-refractivity contribution >= 4 is 5.97 Å². The van der Waals surface area contributed by atoms with Gasteiger partial charge in [-0.1, -0.05) is 5.16 Å². The minimum Gasteiger partial charge on any atom is -0.474 e. The van der Waals surface area contributed by atoms with Gasteiger partial charge >= 0.3 is 11.9 Å². The largest absolute Gasteiger partial charge is 0.474 e. The summed E-state index contributed by atoms with van der Waals surface area (Å²) in [5, 5.41) is 12.3. The van der Waals surface area contributed by atoms with Crippen LogP contribution in [0.15, 0.2) is 4.52 Å². The van der Waals surface area contributed by atoms with Crippen LogP contribution in [0.4, 0.5) is 0 Å². The molecule has 1 N–H and O–H groups in total. The van der Waals surface area contributed by atoms with E-state index in [0.717, 1.165) is 25.9 Å². The zero-order chi connectivity index (χ0) is 11.5. The van der Waals surface area contributed by atoms with Crippen molar-refractivity contribution in [2.45, 2.75) is 19.3 Å². The topological polar surface area (TPSA) is 79.5 Å². The summed E-state index contributed by atoms with van der Waals surface area (Å²) in [6, 6.07) is 0. The fourth-order valence-corrected chi connectivity index (χ4v) is 1.95. The number of hydrogen-bond acceptors (Lipinski definition) is 5. The van der Waals surface area contributed by atoms with Crippen LogP contribution >= 0.6 is 0 Å². The lowest BCUT2D eigenvalue weighted by molar-refractivity contribution is 0.0643. The number of nitrogens with zero attached hydrogens (tertiary/aromatic N) is 3. The summed E-state index contributed by atoms with van der Waals surface area (Å²) in [6.07, 6.45) is 2.92. The first-order valence-corrected chi connectivity index (χ1v) is 5.39. The van der Waals surface area contributed by atoms with E-state index in [1.54, 1.807) is 0 Å². The zero-order valence-corrected chi connectivity index (χ0v) is 9.22. The maximum Gasteiger partial charge on any atom is 0.394 e.